The molecule has 3 heteroatoms. The van der Waals surface area contributed by atoms with E-state index in [-0.39, 0.29) is 19.0 Å². The molecule has 2 nitrogen and oxygen atoms in total. The quantitative estimate of drug-likeness (QED) is 0.152. The molecule has 0 amide bonds. The number of carbonyl (C=O) groups is 1. The number of fused-ring (bicyclic) bond motifs is 5. The monoisotopic (exact) mass is 552 g/mol. The molecule has 1 atom stereocenters. The molecular weight excluding hydrogens is 524 g/mol. The van der Waals surface area contributed by atoms with Crippen LogP contribution in [0.25, 0.3) is 43.8 Å². The van der Waals surface area contributed by atoms with Crippen LogP contribution in [0.5, 0.6) is 0 Å². The maximum atomic E-state index is 13.1. The first-order valence-electron chi connectivity index (χ1n) is 14.2. The summed E-state index contributed by atoms with van der Waals surface area (Å²) in [7, 11) is 0. The van der Waals surface area contributed by atoms with Crippen molar-refractivity contribution in [1.29, 1.82) is 0 Å². The van der Waals surface area contributed by atoms with Gasteiger partial charge in [-0.25, -0.2) is 0 Å². The Morgan fingerprint density at radius 2 is 1.34 bits per heavy atom. The maximum absolute atomic E-state index is 13.1. The van der Waals surface area contributed by atoms with Gasteiger partial charge in [0.25, 0.3) is 0 Å². The number of hydrogen-bond donors (Lipinski definition) is 0. The van der Waals surface area contributed by atoms with Crippen LogP contribution in [-0.4, -0.2) is 5.97 Å². The standard InChI is InChI=1S/C38H29ClO2/c1-2-27-28-12-6-7-13-29(28)34-20-25(16-18-31(27)34)26-17-19-32-35(22-37(40)41-23-24-10-4-3-5-11-24)30-14-8-9-15-33(30)38(39)36(32)21-26/h3-21,27H,2,22-23H2,1H3. The first-order valence-corrected chi connectivity index (χ1v) is 14.6. The largest absolute Gasteiger partial charge is 0.461 e. The van der Waals surface area contributed by atoms with Crippen LogP contribution in [0.2, 0.25) is 5.02 Å². The highest BCUT2D eigenvalue weighted by Gasteiger charge is 2.27. The number of carbonyl (C=O) groups excluding carboxylic acids is 1. The molecule has 0 spiro atoms. The summed E-state index contributed by atoms with van der Waals surface area (Å²) in [6, 6.07) is 39.8. The van der Waals surface area contributed by atoms with Crippen molar-refractivity contribution >= 4 is 39.1 Å². The third-order valence-corrected chi connectivity index (χ3v) is 8.84. The average Bonchev–Trinajstić information content (AvgIpc) is 3.35. The van der Waals surface area contributed by atoms with Gasteiger partial charge >= 0.3 is 5.97 Å². The molecule has 0 fully saturated rings. The fourth-order valence-corrected chi connectivity index (χ4v) is 6.77. The van der Waals surface area contributed by atoms with Crippen molar-refractivity contribution < 1.29 is 9.53 Å². The molecule has 6 aromatic carbocycles. The molecule has 0 aromatic heterocycles. The molecule has 1 unspecified atom stereocenters. The van der Waals surface area contributed by atoms with Gasteiger partial charge in [-0.3, -0.25) is 4.79 Å². The number of rotatable bonds is 6. The van der Waals surface area contributed by atoms with E-state index < -0.39 is 0 Å². The molecule has 0 heterocycles. The second-order valence-corrected chi connectivity index (χ2v) is 11.1. The van der Waals surface area contributed by atoms with Crippen molar-refractivity contribution in [3.63, 3.8) is 0 Å². The van der Waals surface area contributed by atoms with Crippen molar-refractivity contribution in [3.8, 4) is 22.3 Å². The molecule has 0 radical (unpaired) electrons. The van der Waals surface area contributed by atoms with Crippen LogP contribution in [0.3, 0.4) is 0 Å². The number of benzene rings is 6. The lowest BCUT2D eigenvalue weighted by molar-refractivity contribution is -0.144. The highest BCUT2D eigenvalue weighted by molar-refractivity contribution is 6.41. The summed E-state index contributed by atoms with van der Waals surface area (Å²) in [5.74, 6) is 0.186. The van der Waals surface area contributed by atoms with E-state index in [1.807, 2.05) is 54.6 Å². The first kappa shape index (κ1) is 25.6. The van der Waals surface area contributed by atoms with Gasteiger partial charge in [-0.1, -0.05) is 122 Å². The third kappa shape index (κ3) is 4.49. The van der Waals surface area contributed by atoms with E-state index in [1.165, 1.54) is 22.3 Å². The summed E-state index contributed by atoms with van der Waals surface area (Å²) < 4.78 is 5.67. The van der Waals surface area contributed by atoms with Crippen LogP contribution in [0, 0.1) is 0 Å². The topological polar surface area (TPSA) is 26.3 Å². The Hall–Kier alpha value is -4.40. The minimum absolute atomic E-state index is 0.175. The Bertz CT molecular complexity index is 1940. The highest BCUT2D eigenvalue weighted by atomic mass is 35.5. The molecule has 200 valence electrons. The Kier molecular flexibility index (Phi) is 6.57. The van der Waals surface area contributed by atoms with Gasteiger partial charge in [-0.2, -0.15) is 0 Å². The fraction of sp³-hybridized carbons (Fsp3) is 0.132. The summed E-state index contributed by atoms with van der Waals surface area (Å²) in [5, 5.41) is 4.55. The second-order valence-electron chi connectivity index (χ2n) is 10.8. The lowest BCUT2D eigenvalue weighted by Gasteiger charge is -2.15. The van der Waals surface area contributed by atoms with Gasteiger partial charge in [-0.15, -0.1) is 0 Å². The Labute approximate surface area is 245 Å². The molecule has 0 aliphatic heterocycles. The first-order chi connectivity index (χ1) is 20.1. The summed E-state index contributed by atoms with van der Waals surface area (Å²) in [6.07, 6.45) is 1.26. The zero-order valence-corrected chi connectivity index (χ0v) is 23.6. The Morgan fingerprint density at radius 1 is 0.683 bits per heavy atom. The average molecular weight is 553 g/mol. The van der Waals surface area contributed by atoms with Crippen LogP contribution in [0.15, 0.2) is 115 Å². The lowest BCUT2D eigenvalue weighted by Crippen LogP contribution is -2.09. The van der Waals surface area contributed by atoms with Gasteiger partial charge in [-0.05, 0) is 73.8 Å². The van der Waals surface area contributed by atoms with E-state index in [2.05, 4.69) is 67.6 Å². The van der Waals surface area contributed by atoms with Crippen molar-refractivity contribution in [3.05, 3.63) is 143 Å². The number of ether oxygens (including phenoxy) is 1. The van der Waals surface area contributed by atoms with Crippen LogP contribution >= 0.6 is 11.6 Å². The van der Waals surface area contributed by atoms with Gasteiger partial charge in [0.2, 0.25) is 0 Å². The molecule has 7 rings (SSSR count). The van der Waals surface area contributed by atoms with Crippen LogP contribution < -0.4 is 0 Å². The molecule has 1 aliphatic carbocycles. The summed E-state index contributed by atoms with van der Waals surface area (Å²) >= 11 is 7.07. The van der Waals surface area contributed by atoms with E-state index in [9.17, 15) is 4.79 Å². The van der Waals surface area contributed by atoms with E-state index in [0.29, 0.717) is 10.9 Å². The molecule has 6 aromatic rings. The number of halogens is 1. The fourth-order valence-electron chi connectivity index (χ4n) is 6.45. The Morgan fingerprint density at radius 3 is 2.17 bits per heavy atom. The van der Waals surface area contributed by atoms with Crippen molar-refractivity contribution in [1.82, 2.24) is 0 Å². The zero-order chi connectivity index (χ0) is 27.9. The molecule has 0 saturated carbocycles. The number of hydrogen-bond acceptors (Lipinski definition) is 2. The van der Waals surface area contributed by atoms with Gasteiger partial charge in [0.15, 0.2) is 0 Å². The molecule has 0 saturated heterocycles. The SMILES string of the molecule is CCC1c2ccccc2-c2cc(-c3ccc4c(CC(=O)OCc5ccccc5)c5ccccc5c(Cl)c4c3)ccc21. The lowest BCUT2D eigenvalue weighted by atomic mass is 9.91. The van der Waals surface area contributed by atoms with E-state index in [0.717, 1.165) is 50.2 Å². The van der Waals surface area contributed by atoms with Crippen LogP contribution in [0.1, 0.15) is 41.5 Å². The highest BCUT2D eigenvalue weighted by Crippen LogP contribution is 2.48. The summed E-state index contributed by atoms with van der Waals surface area (Å²) in [6.45, 7) is 2.52. The third-order valence-electron chi connectivity index (χ3n) is 8.43. The maximum Gasteiger partial charge on any atom is 0.310 e. The van der Waals surface area contributed by atoms with Crippen LogP contribution in [-0.2, 0) is 22.6 Å². The predicted molar refractivity (Wildman–Crippen MR) is 169 cm³/mol. The normalized spacial score (nSPS) is 13.8. The smallest absolute Gasteiger partial charge is 0.310 e. The molecule has 41 heavy (non-hydrogen) atoms. The van der Waals surface area contributed by atoms with E-state index in [1.54, 1.807) is 0 Å². The van der Waals surface area contributed by atoms with Crippen molar-refractivity contribution in [2.45, 2.75) is 32.3 Å². The van der Waals surface area contributed by atoms with E-state index in [4.69, 9.17) is 16.3 Å². The van der Waals surface area contributed by atoms with Crippen molar-refractivity contribution in [2.24, 2.45) is 0 Å². The van der Waals surface area contributed by atoms with E-state index >= 15 is 0 Å². The molecule has 1 aliphatic rings. The predicted octanol–water partition coefficient (Wildman–Crippen LogP) is 10.1. The Balaban J connectivity index is 1.30. The summed E-state index contributed by atoms with van der Waals surface area (Å²) in [4.78, 5) is 13.1. The zero-order valence-electron chi connectivity index (χ0n) is 22.9. The van der Waals surface area contributed by atoms with Gasteiger partial charge < -0.3 is 4.74 Å². The molecule has 0 bridgehead atoms. The molecular formula is C38H29ClO2. The second kappa shape index (κ2) is 10.5. The minimum Gasteiger partial charge on any atom is -0.461 e. The summed E-state index contributed by atoms with van der Waals surface area (Å²) in [5.41, 5.74) is 9.64. The van der Waals surface area contributed by atoms with Gasteiger partial charge in [0.05, 0.1) is 11.4 Å². The van der Waals surface area contributed by atoms with Gasteiger partial charge in [0, 0.05) is 16.7 Å². The number of esters is 1. The molecule has 0 N–H and O–H groups in total. The van der Waals surface area contributed by atoms with Crippen molar-refractivity contribution in [2.75, 3.05) is 0 Å². The minimum atomic E-state index is -0.255. The van der Waals surface area contributed by atoms with Gasteiger partial charge in [0.1, 0.15) is 6.61 Å². The van der Waals surface area contributed by atoms with Crippen LogP contribution in [0.4, 0.5) is 0 Å².